The standard InChI is InChI=1S/C11H8BrNO4S2/c12-7-2-1-3-8(4-7)13-19(16,17)9-5-10(11(14)15)18-6-9/h1-6,13H,(H,14,15). The quantitative estimate of drug-likeness (QED) is 0.876. The van der Waals surface area contributed by atoms with Crippen LogP contribution in [0.1, 0.15) is 9.67 Å². The molecular weight excluding hydrogens is 354 g/mol. The lowest BCUT2D eigenvalue weighted by Crippen LogP contribution is -2.12. The lowest BCUT2D eigenvalue weighted by molar-refractivity contribution is 0.0702. The van der Waals surface area contributed by atoms with Gasteiger partial charge in [-0.05, 0) is 24.3 Å². The summed E-state index contributed by atoms with van der Waals surface area (Å²) in [6.07, 6.45) is 0. The first-order chi connectivity index (χ1) is 8.88. The van der Waals surface area contributed by atoms with Crippen LogP contribution in [0.25, 0.3) is 0 Å². The molecule has 2 N–H and O–H groups in total. The topological polar surface area (TPSA) is 83.5 Å². The highest BCUT2D eigenvalue weighted by molar-refractivity contribution is 9.10. The van der Waals surface area contributed by atoms with Crippen LogP contribution < -0.4 is 4.72 Å². The molecular formula is C11H8BrNO4S2. The van der Waals surface area contributed by atoms with E-state index in [1.807, 2.05) is 0 Å². The second-order valence-electron chi connectivity index (χ2n) is 3.57. The Labute approximate surface area is 122 Å². The molecule has 1 aromatic heterocycles. The zero-order valence-electron chi connectivity index (χ0n) is 9.33. The number of rotatable bonds is 4. The molecule has 0 amide bonds. The van der Waals surface area contributed by atoms with Gasteiger partial charge in [0.1, 0.15) is 4.88 Å². The fourth-order valence-electron chi connectivity index (χ4n) is 1.34. The molecule has 0 radical (unpaired) electrons. The van der Waals surface area contributed by atoms with E-state index in [9.17, 15) is 13.2 Å². The van der Waals surface area contributed by atoms with Gasteiger partial charge >= 0.3 is 5.97 Å². The lowest BCUT2D eigenvalue weighted by atomic mass is 10.3. The van der Waals surface area contributed by atoms with Gasteiger partial charge in [0.05, 0.1) is 4.90 Å². The van der Waals surface area contributed by atoms with Gasteiger partial charge in [0.2, 0.25) is 0 Å². The fraction of sp³-hybridized carbons (Fsp3) is 0. The van der Waals surface area contributed by atoms with E-state index in [2.05, 4.69) is 20.7 Å². The third-order valence-corrected chi connectivity index (χ3v) is 5.09. The van der Waals surface area contributed by atoms with Gasteiger partial charge < -0.3 is 5.11 Å². The van der Waals surface area contributed by atoms with Gasteiger partial charge in [-0.1, -0.05) is 22.0 Å². The summed E-state index contributed by atoms with van der Waals surface area (Å²) < 4.78 is 27.2. The van der Waals surface area contributed by atoms with E-state index in [-0.39, 0.29) is 9.77 Å². The van der Waals surface area contributed by atoms with Gasteiger partial charge in [0.15, 0.2) is 0 Å². The van der Waals surface area contributed by atoms with Gasteiger partial charge in [0.25, 0.3) is 10.0 Å². The number of hydrogen-bond acceptors (Lipinski definition) is 4. The first-order valence-electron chi connectivity index (χ1n) is 4.99. The molecule has 0 aliphatic carbocycles. The number of thiophene rings is 1. The van der Waals surface area contributed by atoms with E-state index in [4.69, 9.17) is 5.11 Å². The van der Waals surface area contributed by atoms with Crippen molar-refractivity contribution in [2.45, 2.75) is 4.90 Å². The number of carboxylic acids is 1. The predicted octanol–water partition coefficient (Wildman–Crippen LogP) is 3.01. The number of carbonyl (C=O) groups is 1. The van der Waals surface area contributed by atoms with Crippen molar-refractivity contribution in [1.29, 1.82) is 0 Å². The second-order valence-corrected chi connectivity index (χ2v) is 7.08. The molecule has 0 fully saturated rings. The average Bonchev–Trinajstić information content (AvgIpc) is 2.78. The molecule has 0 atom stereocenters. The number of hydrogen-bond donors (Lipinski definition) is 2. The minimum Gasteiger partial charge on any atom is -0.477 e. The van der Waals surface area contributed by atoms with E-state index in [0.29, 0.717) is 5.69 Å². The first-order valence-corrected chi connectivity index (χ1v) is 8.14. The molecule has 0 aliphatic heterocycles. The molecule has 100 valence electrons. The van der Waals surface area contributed by atoms with Crippen molar-refractivity contribution in [3.8, 4) is 0 Å². The third kappa shape index (κ3) is 3.34. The maximum absolute atomic E-state index is 12.0. The van der Waals surface area contributed by atoms with E-state index in [1.54, 1.807) is 24.3 Å². The van der Waals surface area contributed by atoms with Crippen LogP contribution in [-0.4, -0.2) is 19.5 Å². The Bertz CT molecular complexity index is 724. The van der Waals surface area contributed by atoms with E-state index >= 15 is 0 Å². The summed E-state index contributed by atoms with van der Waals surface area (Å²) in [7, 11) is -3.77. The van der Waals surface area contributed by atoms with Gasteiger partial charge in [0, 0.05) is 15.5 Å². The Balaban J connectivity index is 2.29. The fourth-order valence-corrected chi connectivity index (χ4v) is 3.90. The second kappa shape index (κ2) is 5.32. The van der Waals surface area contributed by atoms with Crippen molar-refractivity contribution in [3.05, 3.63) is 45.1 Å². The lowest BCUT2D eigenvalue weighted by Gasteiger charge is -2.06. The number of anilines is 1. The Morgan fingerprint density at radius 3 is 2.63 bits per heavy atom. The zero-order valence-corrected chi connectivity index (χ0v) is 12.5. The molecule has 0 spiro atoms. The summed E-state index contributed by atoms with van der Waals surface area (Å²) in [6.45, 7) is 0. The largest absolute Gasteiger partial charge is 0.477 e. The summed E-state index contributed by atoms with van der Waals surface area (Å²) in [5, 5.41) is 10.1. The van der Waals surface area contributed by atoms with Crippen LogP contribution in [0, 0.1) is 0 Å². The SMILES string of the molecule is O=C(O)c1cc(S(=O)(=O)Nc2cccc(Br)c2)cs1. The Morgan fingerprint density at radius 2 is 2.05 bits per heavy atom. The Kier molecular flexibility index (Phi) is 3.93. The van der Waals surface area contributed by atoms with Gasteiger partial charge in [-0.15, -0.1) is 11.3 Å². The number of aromatic carboxylic acids is 1. The molecule has 2 rings (SSSR count). The molecule has 0 unspecified atom stereocenters. The van der Waals surface area contributed by atoms with Crippen LogP contribution in [-0.2, 0) is 10.0 Å². The van der Waals surface area contributed by atoms with Crippen molar-refractivity contribution >= 4 is 48.9 Å². The average molecular weight is 362 g/mol. The Hall–Kier alpha value is -1.38. The maximum Gasteiger partial charge on any atom is 0.345 e. The molecule has 8 heteroatoms. The molecule has 19 heavy (non-hydrogen) atoms. The molecule has 2 aromatic rings. The van der Waals surface area contributed by atoms with E-state index in [0.717, 1.165) is 21.9 Å². The molecule has 0 aliphatic rings. The molecule has 1 aromatic carbocycles. The maximum atomic E-state index is 12.0. The molecule has 5 nitrogen and oxygen atoms in total. The van der Waals surface area contributed by atoms with Crippen LogP contribution in [0.5, 0.6) is 0 Å². The van der Waals surface area contributed by atoms with Crippen molar-refractivity contribution in [3.63, 3.8) is 0 Å². The van der Waals surface area contributed by atoms with Crippen LogP contribution in [0.4, 0.5) is 5.69 Å². The minimum atomic E-state index is -3.77. The zero-order chi connectivity index (χ0) is 14.0. The summed E-state index contributed by atoms with van der Waals surface area (Å²) in [5.41, 5.74) is 0.400. The van der Waals surface area contributed by atoms with Crippen LogP contribution in [0.15, 0.2) is 45.1 Å². The van der Waals surface area contributed by atoms with Crippen molar-refractivity contribution in [1.82, 2.24) is 0 Å². The van der Waals surface area contributed by atoms with Crippen molar-refractivity contribution in [2.75, 3.05) is 4.72 Å². The summed E-state index contributed by atoms with van der Waals surface area (Å²) in [5.74, 6) is -1.14. The summed E-state index contributed by atoms with van der Waals surface area (Å²) >= 11 is 4.11. The summed E-state index contributed by atoms with van der Waals surface area (Å²) in [6, 6.07) is 7.81. The van der Waals surface area contributed by atoms with Crippen molar-refractivity contribution in [2.24, 2.45) is 0 Å². The van der Waals surface area contributed by atoms with Crippen LogP contribution in [0.3, 0.4) is 0 Å². The molecule has 0 saturated carbocycles. The highest BCUT2D eigenvalue weighted by Crippen LogP contribution is 2.23. The Morgan fingerprint density at radius 1 is 1.32 bits per heavy atom. The van der Waals surface area contributed by atoms with Gasteiger partial charge in [-0.25, -0.2) is 13.2 Å². The number of carboxylic acid groups (broad SMARTS) is 1. The normalized spacial score (nSPS) is 11.2. The highest BCUT2D eigenvalue weighted by Gasteiger charge is 2.18. The number of sulfonamides is 1. The van der Waals surface area contributed by atoms with Crippen LogP contribution in [0.2, 0.25) is 0 Å². The van der Waals surface area contributed by atoms with Gasteiger partial charge in [-0.3, -0.25) is 4.72 Å². The predicted molar refractivity (Wildman–Crippen MR) is 76.2 cm³/mol. The van der Waals surface area contributed by atoms with Crippen LogP contribution >= 0.6 is 27.3 Å². The number of halogens is 1. The van der Waals surface area contributed by atoms with Gasteiger partial charge in [-0.2, -0.15) is 0 Å². The highest BCUT2D eigenvalue weighted by atomic mass is 79.9. The number of nitrogens with one attached hydrogen (secondary N) is 1. The molecule has 1 heterocycles. The van der Waals surface area contributed by atoms with E-state index in [1.165, 1.54) is 5.38 Å². The third-order valence-electron chi connectivity index (χ3n) is 2.17. The number of benzene rings is 1. The molecule has 0 bridgehead atoms. The summed E-state index contributed by atoms with van der Waals surface area (Å²) in [4.78, 5) is 10.7. The minimum absolute atomic E-state index is 0.0189. The monoisotopic (exact) mass is 361 g/mol. The van der Waals surface area contributed by atoms with E-state index < -0.39 is 16.0 Å². The first kappa shape index (κ1) is 14.0. The molecule has 0 saturated heterocycles. The smallest absolute Gasteiger partial charge is 0.345 e. The van der Waals surface area contributed by atoms with Crippen molar-refractivity contribution < 1.29 is 18.3 Å².